The van der Waals surface area contributed by atoms with Crippen LogP contribution in [0.2, 0.25) is 0 Å². The average Bonchev–Trinajstić information content (AvgIpc) is 2.65. The lowest BCUT2D eigenvalue weighted by Crippen LogP contribution is -2.66. The highest BCUT2D eigenvalue weighted by Gasteiger charge is 2.30. The van der Waals surface area contributed by atoms with E-state index in [1.165, 1.54) is 0 Å². The van der Waals surface area contributed by atoms with Crippen molar-refractivity contribution in [2.24, 2.45) is 0 Å². The monoisotopic (exact) mass is 404 g/mol. The Balaban J connectivity index is 0.000000500. The number of halogens is 4. The third-order valence-electron chi connectivity index (χ3n) is 4.16. The standard InChI is InChI=1S/C17H20N2O4.BF4/c1-20-10-5-14-12(16(7-10)22-3)9-13-15(19(14)18)6-11(21-2)8-17(13)23-4;2-1(3,4)5/h5-8H,9,18H2,1-4H3;/q;-1/p+1. The molecular weight excluding hydrogens is 383 g/mol. The van der Waals surface area contributed by atoms with Crippen molar-refractivity contribution < 1.29 is 42.1 Å². The molecule has 2 aromatic carbocycles. The number of anilines is 2. The van der Waals surface area contributed by atoms with Crippen molar-refractivity contribution in [1.29, 1.82) is 0 Å². The number of nitrogens with zero attached hydrogens (tertiary/aromatic N) is 1. The van der Waals surface area contributed by atoms with Crippen LogP contribution in [0.25, 0.3) is 0 Å². The van der Waals surface area contributed by atoms with Crippen molar-refractivity contribution in [3.63, 3.8) is 0 Å². The van der Waals surface area contributed by atoms with Gasteiger partial charge in [-0.2, -0.15) is 5.01 Å². The SMILES string of the molecule is COc1cc(OC)c2c(c1)N([NH3+])c1cc(OC)cc(OC)c1C2.F[B-](F)(F)F. The van der Waals surface area contributed by atoms with Crippen LogP contribution in [0.15, 0.2) is 24.3 Å². The van der Waals surface area contributed by atoms with E-state index in [1.54, 1.807) is 28.4 Å². The number of quaternary nitrogens is 1. The van der Waals surface area contributed by atoms with Crippen molar-refractivity contribution in [1.82, 2.24) is 0 Å². The number of fused-ring (bicyclic) bond motifs is 2. The topological polar surface area (TPSA) is 67.8 Å². The number of benzene rings is 2. The van der Waals surface area contributed by atoms with Crippen LogP contribution >= 0.6 is 0 Å². The average molecular weight is 404 g/mol. The van der Waals surface area contributed by atoms with E-state index >= 15 is 0 Å². The Kier molecular flexibility index (Phi) is 6.50. The first-order valence-electron chi connectivity index (χ1n) is 8.10. The van der Waals surface area contributed by atoms with E-state index in [0.717, 1.165) is 45.5 Å². The summed E-state index contributed by atoms with van der Waals surface area (Å²) in [7, 11) is 0.585. The van der Waals surface area contributed by atoms with Crippen molar-refractivity contribution in [2.45, 2.75) is 6.42 Å². The molecule has 1 aliphatic rings. The van der Waals surface area contributed by atoms with Crippen molar-refractivity contribution in [2.75, 3.05) is 33.4 Å². The molecule has 3 rings (SSSR count). The van der Waals surface area contributed by atoms with Gasteiger partial charge >= 0.3 is 7.25 Å². The summed E-state index contributed by atoms with van der Waals surface area (Å²) in [5, 5.41) is 1.87. The molecule has 0 fully saturated rings. The first-order chi connectivity index (χ1) is 13.1. The summed E-state index contributed by atoms with van der Waals surface area (Å²) < 4.78 is 60.8. The Hall–Kier alpha value is -2.82. The highest BCUT2D eigenvalue weighted by Crippen LogP contribution is 2.46. The fraction of sp³-hybridized carbons (Fsp3) is 0.294. The first-order valence-corrected chi connectivity index (χ1v) is 8.10. The first kappa shape index (κ1) is 21.5. The van der Waals surface area contributed by atoms with Crippen LogP contribution < -0.4 is 29.8 Å². The normalized spacial score (nSPS) is 12.2. The van der Waals surface area contributed by atoms with E-state index in [9.17, 15) is 17.3 Å². The van der Waals surface area contributed by atoms with E-state index in [0.29, 0.717) is 6.42 Å². The summed E-state index contributed by atoms with van der Waals surface area (Å²) in [4.78, 5) is 0. The molecule has 0 radical (unpaired) electrons. The van der Waals surface area contributed by atoms with Crippen molar-refractivity contribution in [3.05, 3.63) is 35.4 Å². The molecule has 0 aromatic heterocycles. The third-order valence-corrected chi connectivity index (χ3v) is 4.16. The molecule has 0 unspecified atom stereocenters. The molecular formula is C17H21BF4N2O4. The molecule has 0 aliphatic carbocycles. The predicted molar refractivity (Wildman–Crippen MR) is 97.1 cm³/mol. The lowest BCUT2D eigenvalue weighted by molar-refractivity contribution is -0.371. The second-order valence-corrected chi connectivity index (χ2v) is 5.75. The number of rotatable bonds is 4. The summed E-state index contributed by atoms with van der Waals surface area (Å²) in [6.45, 7) is 0. The Bertz CT molecular complexity index is 781. The molecule has 0 bridgehead atoms. The molecule has 2 aromatic rings. The van der Waals surface area contributed by atoms with E-state index in [4.69, 9.17) is 18.9 Å². The van der Waals surface area contributed by atoms with Gasteiger partial charge in [0.2, 0.25) is 0 Å². The minimum atomic E-state index is -6.00. The maximum Gasteiger partial charge on any atom is 0.673 e. The molecule has 28 heavy (non-hydrogen) atoms. The van der Waals surface area contributed by atoms with Gasteiger partial charge in [-0.3, -0.25) is 5.84 Å². The molecule has 1 heterocycles. The molecule has 1 aliphatic heterocycles. The number of methoxy groups -OCH3 is 4. The second kappa shape index (κ2) is 8.47. The fourth-order valence-corrected chi connectivity index (χ4v) is 2.96. The highest BCUT2D eigenvalue weighted by atomic mass is 19.5. The van der Waals surface area contributed by atoms with E-state index < -0.39 is 7.25 Å². The molecule has 0 saturated carbocycles. The van der Waals surface area contributed by atoms with Crippen molar-refractivity contribution in [3.8, 4) is 23.0 Å². The van der Waals surface area contributed by atoms with Crippen LogP contribution in [0.5, 0.6) is 23.0 Å². The second-order valence-electron chi connectivity index (χ2n) is 5.75. The van der Waals surface area contributed by atoms with E-state index in [1.807, 2.05) is 29.3 Å². The molecule has 0 amide bonds. The van der Waals surface area contributed by atoms with Gasteiger partial charge in [-0.05, 0) is 0 Å². The van der Waals surface area contributed by atoms with Gasteiger partial charge in [0.15, 0.2) is 0 Å². The van der Waals surface area contributed by atoms with Gasteiger partial charge in [0.05, 0.1) is 28.4 Å². The van der Waals surface area contributed by atoms with Crippen LogP contribution in [0, 0.1) is 0 Å². The lowest BCUT2D eigenvalue weighted by atomic mass is 9.94. The predicted octanol–water partition coefficient (Wildman–Crippen LogP) is 3.22. The zero-order chi connectivity index (χ0) is 21.1. The van der Waals surface area contributed by atoms with Gasteiger partial charge in [-0.1, -0.05) is 0 Å². The number of ether oxygens (including phenoxy) is 4. The molecule has 6 nitrogen and oxygen atoms in total. The summed E-state index contributed by atoms with van der Waals surface area (Å²) >= 11 is 0. The summed E-state index contributed by atoms with van der Waals surface area (Å²) in [6.07, 6.45) is 0.691. The minimum absolute atomic E-state index is 0.691. The van der Waals surface area contributed by atoms with Gasteiger partial charge in [-0.15, -0.1) is 0 Å². The Labute approximate surface area is 159 Å². The molecule has 0 atom stereocenters. The van der Waals surface area contributed by atoms with Gasteiger partial charge < -0.3 is 36.2 Å². The largest absolute Gasteiger partial charge is 0.673 e. The molecule has 11 heteroatoms. The zero-order valence-corrected chi connectivity index (χ0v) is 15.9. The van der Waals surface area contributed by atoms with Gasteiger partial charge in [0.25, 0.3) is 0 Å². The van der Waals surface area contributed by atoms with Crippen LogP contribution in [0.3, 0.4) is 0 Å². The molecule has 0 spiro atoms. The van der Waals surface area contributed by atoms with Crippen molar-refractivity contribution >= 4 is 18.6 Å². The van der Waals surface area contributed by atoms with Gasteiger partial charge in [0, 0.05) is 41.8 Å². The zero-order valence-electron chi connectivity index (χ0n) is 15.9. The van der Waals surface area contributed by atoms with Crippen LogP contribution in [-0.4, -0.2) is 35.7 Å². The Morgan fingerprint density at radius 3 is 1.39 bits per heavy atom. The van der Waals surface area contributed by atoms with Gasteiger partial charge in [0.1, 0.15) is 34.4 Å². The van der Waals surface area contributed by atoms with Crippen LogP contribution in [-0.2, 0) is 6.42 Å². The Morgan fingerprint density at radius 2 is 1.11 bits per heavy atom. The highest BCUT2D eigenvalue weighted by molar-refractivity contribution is 6.50. The summed E-state index contributed by atoms with van der Waals surface area (Å²) in [5.74, 6) is 7.20. The van der Waals surface area contributed by atoms with Gasteiger partial charge in [-0.25, -0.2) is 0 Å². The summed E-state index contributed by atoms with van der Waals surface area (Å²) in [5.41, 5.74) is 4.01. The van der Waals surface area contributed by atoms with Crippen LogP contribution in [0.4, 0.5) is 28.6 Å². The number of hydrogen-bond acceptors (Lipinski definition) is 5. The smallest absolute Gasteiger partial charge is 0.497 e. The lowest BCUT2D eigenvalue weighted by Gasteiger charge is -2.29. The fourth-order valence-electron chi connectivity index (χ4n) is 2.96. The van der Waals surface area contributed by atoms with Crippen LogP contribution in [0.1, 0.15) is 11.1 Å². The molecule has 0 saturated heterocycles. The van der Waals surface area contributed by atoms with E-state index in [2.05, 4.69) is 5.84 Å². The van der Waals surface area contributed by atoms with E-state index in [-0.39, 0.29) is 0 Å². The maximum atomic E-state index is 9.75. The quantitative estimate of drug-likeness (QED) is 0.626. The Morgan fingerprint density at radius 1 is 0.750 bits per heavy atom. The third kappa shape index (κ3) is 4.72. The maximum absolute atomic E-state index is 9.75. The summed E-state index contributed by atoms with van der Waals surface area (Å²) in [6, 6.07) is 7.68. The minimum Gasteiger partial charge on any atom is -0.497 e. The number of hydrogen-bond donors (Lipinski definition) is 1. The molecule has 3 N–H and O–H groups in total. The molecule has 154 valence electrons.